The Labute approximate surface area is 121 Å². The van der Waals surface area contributed by atoms with Crippen LogP contribution in [0, 0.1) is 0 Å². The van der Waals surface area contributed by atoms with Crippen molar-refractivity contribution >= 4 is 0 Å². The normalized spacial score (nSPS) is 12.5. The van der Waals surface area contributed by atoms with Crippen LogP contribution in [-0.2, 0) is 19.0 Å². The van der Waals surface area contributed by atoms with Gasteiger partial charge in [-0.1, -0.05) is 18.2 Å². The zero-order valence-corrected chi connectivity index (χ0v) is 11.0. The first kappa shape index (κ1) is 16.4. The van der Waals surface area contributed by atoms with E-state index in [1.807, 2.05) is 0 Å². The lowest BCUT2D eigenvalue weighted by atomic mass is 9.98. The molecule has 0 unspecified atom stereocenters. The molecular weight excluding hydrogens is 310 g/mol. The Hall–Kier alpha value is -2.02. The molecule has 1 N–H and O–H groups in total. The topological polar surface area (TPSA) is 20.2 Å². The fourth-order valence-corrected chi connectivity index (χ4v) is 1.97. The van der Waals surface area contributed by atoms with Gasteiger partial charge >= 0.3 is 12.4 Å². The number of hydrogen-bond donors (Lipinski definition) is 1. The molecule has 118 valence electrons. The van der Waals surface area contributed by atoms with Gasteiger partial charge in [0.25, 0.3) is 0 Å². The number of aliphatic hydroxyl groups is 1. The minimum atomic E-state index is -4.88. The first-order chi connectivity index (χ1) is 10.1. The lowest BCUT2D eigenvalue weighted by Gasteiger charge is -2.14. The van der Waals surface area contributed by atoms with E-state index in [2.05, 4.69) is 0 Å². The van der Waals surface area contributed by atoms with Gasteiger partial charge in [0, 0.05) is 0 Å². The van der Waals surface area contributed by atoms with Crippen LogP contribution in [0.15, 0.2) is 42.5 Å². The molecule has 0 fully saturated rings. The van der Waals surface area contributed by atoms with E-state index in [-0.39, 0.29) is 23.8 Å². The molecule has 0 radical (unpaired) electrons. The first-order valence-corrected chi connectivity index (χ1v) is 6.11. The molecule has 0 saturated heterocycles. The molecule has 0 atom stereocenters. The van der Waals surface area contributed by atoms with Gasteiger partial charge in [-0.3, -0.25) is 0 Å². The molecule has 0 saturated carbocycles. The standard InChI is InChI=1S/C15H10F6O/c16-14(17,18)12-5-11(6-13(7-12)15(19,20)21)10-3-1-2-9(4-10)8-22/h1-7,22H,8H2. The Morgan fingerprint density at radius 2 is 1.27 bits per heavy atom. The molecule has 2 aromatic rings. The maximum atomic E-state index is 12.8. The number of benzene rings is 2. The van der Waals surface area contributed by atoms with Crippen molar-refractivity contribution in [1.29, 1.82) is 0 Å². The highest BCUT2D eigenvalue weighted by molar-refractivity contribution is 5.66. The highest BCUT2D eigenvalue weighted by Gasteiger charge is 2.36. The summed E-state index contributed by atoms with van der Waals surface area (Å²) in [5.74, 6) is 0. The van der Waals surface area contributed by atoms with E-state index in [0.29, 0.717) is 17.7 Å². The van der Waals surface area contributed by atoms with Crippen LogP contribution >= 0.6 is 0 Å². The summed E-state index contributed by atoms with van der Waals surface area (Å²) in [5.41, 5.74) is -2.39. The van der Waals surface area contributed by atoms with Gasteiger partial charge in [-0.25, -0.2) is 0 Å². The van der Waals surface area contributed by atoms with Crippen LogP contribution in [0.1, 0.15) is 16.7 Å². The summed E-state index contributed by atoms with van der Waals surface area (Å²) in [6.07, 6.45) is -9.77. The molecule has 0 aliphatic carbocycles. The van der Waals surface area contributed by atoms with E-state index in [9.17, 15) is 26.3 Å². The molecule has 1 nitrogen and oxygen atoms in total. The lowest BCUT2D eigenvalue weighted by Crippen LogP contribution is -2.11. The average Bonchev–Trinajstić information content (AvgIpc) is 2.45. The average molecular weight is 320 g/mol. The van der Waals surface area contributed by atoms with Gasteiger partial charge in [0.2, 0.25) is 0 Å². The molecule has 0 heterocycles. The Kier molecular flexibility index (Phi) is 4.19. The molecule has 0 spiro atoms. The molecule has 0 bridgehead atoms. The predicted molar refractivity (Wildman–Crippen MR) is 67.8 cm³/mol. The van der Waals surface area contributed by atoms with E-state index in [1.54, 1.807) is 0 Å². The summed E-state index contributed by atoms with van der Waals surface area (Å²) in [4.78, 5) is 0. The monoisotopic (exact) mass is 320 g/mol. The molecule has 2 rings (SSSR count). The predicted octanol–water partition coefficient (Wildman–Crippen LogP) is 4.88. The molecule has 0 aromatic heterocycles. The Bertz CT molecular complexity index is 640. The van der Waals surface area contributed by atoms with Crippen LogP contribution in [-0.4, -0.2) is 5.11 Å². The summed E-state index contributed by atoms with van der Waals surface area (Å²) in [6, 6.07) is 7.09. The van der Waals surface area contributed by atoms with Gasteiger partial charge in [-0.05, 0) is 41.0 Å². The summed E-state index contributed by atoms with van der Waals surface area (Å²) in [7, 11) is 0. The zero-order chi connectivity index (χ0) is 16.5. The second-order valence-electron chi connectivity index (χ2n) is 4.65. The van der Waals surface area contributed by atoms with E-state index in [4.69, 9.17) is 5.11 Å². The number of hydrogen-bond acceptors (Lipinski definition) is 1. The van der Waals surface area contributed by atoms with Crippen molar-refractivity contribution in [2.75, 3.05) is 0 Å². The van der Waals surface area contributed by atoms with Crippen LogP contribution < -0.4 is 0 Å². The quantitative estimate of drug-likeness (QED) is 0.782. The minimum absolute atomic E-state index is 0.0827. The number of aliphatic hydroxyl groups excluding tert-OH is 1. The van der Waals surface area contributed by atoms with Crippen LogP contribution in [0.3, 0.4) is 0 Å². The van der Waals surface area contributed by atoms with Crippen molar-refractivity contribution in [2.45, 2.75) is 19.0 Å². The molecule has 2 aromatic carbocycles. The Balaban J connectivity index is 2.64. The van der Waals surface area contributed by atoms with Gasteiger partial charge < -0.3 is 5.11 Å². The van der Waals surface area contributed by atoms with Crippen molar-refractivity contribution in [3.8, 4) is 11.1 Å². The van der Waals surface area contributed by atoms with Gasteiger partial charge in [0.05, 0.1) is 17.7 Å². The summed E-state index contributed by atoms with van der Waals surface area (Å²) in [5, 5.41) is 9.02. The van der Waals surface area contributed by atoms with Crippen molar-refractivity contribution in [3.63, 3.8) is 0 Å². The van der Waals surface area contributed by atoms with Crippen LogP contribution in [0.4, 0.5) is 26.3 Å². The maximum Gasteiger partial charge on any atom is 0.416 e. The summed E-state index contributed by atoms with van der Waals surface area (Å²) in [6.45, 7) is -0.362. The van der Waals surface area contributed by atoms with Crippen molar-refractivity contribution < 1.29 is 31.4 Å². The third-order valence-corrected chi connectivity index (χ3v) is 3.03. The second kappa shape index (κ2) is 5.64. The second-order valence-corrected chi connectivity index (χ2v) is 4.65. The lowest BCUT2D eigenvalue weighted by molar-refractivity contribution is -0.143. The first-order valence-electron chi connectivity index (χ1n) is 6.11. The van der Waals surface area contributed by atoms with E-state index in [0.717, 1.165) is 0 Å². The molecule has 0 amide bonds. The highest BCUT2D eigenvalue weighted by Crippen LogP contribution is 2.38. The molecular formula is C15H10F6O. The Morgan fingerprint density at radius 1 is 0.727 bits per heavy atom. The third-order valence-electron chi connectivity index (χ3n) is 3.03. The Morgan fingerprint density at radius 3 is 1.73 bits per heavy atom. The minimum Gasteiger partial charge on any atom is -0.392 e. The highest BCUT2D eigenvalue weighted by atomic mass is 19.4. The molecule has 0 aliphatic rings. The van der Waals surface area contributed by atoms with Gasteiger partial charge in [-0.2, -0.15) is 26.3 Å². The summed E-state index contributed by atoms with van der Waals surface area (Å²) >= 11 is 0. The van der Waals surface area contributed by atoms with Crippen molar-refractivity contribution in [1.82, 2.24) is 0 Å². The maximum absolute atomic E-state index is 12.8. The zero-order valence-electron chi connectivity index (χ0n) is 11.0. The molecule has 0 aliphatic heterocycles. The number of alkyl halides is 6. The van der Waals surface area contributed by atoms with E-state index < -0.39 is 23.5 Å². The van der Waals surface area contributed by atoms with Crippen LogP contribution in [0.5, 0.6) is 0 Å². The fourth-order valence-electron chi connectivity index (χ4n) is 1.97. The van der Waals surface area contributed by atoms with Gasteiger partial charge in [0.1, 0.15) is 0 Å². The molecule has 7 heteroatoms. The van der Waals surface area contributed by atoms with Crippen LogP contribution in [0.25, 0.3) is 11.1 Å². The van der Waals surface area contributed by atoms with Crippen molar-refractivity contribution in [3.05, 3.63) is 59.2 Å². The number of halogens is 6. The van der Waals surface area contributed by atoms with Gasteiger partial charge in [0.15, 0.2) is 0 Å². The smallest absolute Gasteiger partial charge is 0.392 e. The third kappa shape index (κ3) is 3.59. The van der Waals surface area contributed by atoms with Crippen LogP contribution in [0.2, 0.25) is 0 Å². The van der Waals surface area contributed by atoms with E-state index in [1.165, 1.54) is 24.3 Å². The fraction of sp³-hybridized carbons (Fsp3) is 0.200. The molecule has 22 heavy (non-hydrogen) atoms. The summed E-state index contributed by atoms with van der Waals surface area (Å²) < 4.78 is 76.7. The SMILES string of the molecule is OCc1cccc(-c2cc(C(F)(F)F)cc(C(F)(F)F)c2)c1. The number of rotatable bonds is 2. The largest absolute Gasteiger partial charge is 0.416 e. The van der Waals surface area contributed by atoms with Gasteiger partial charge in [-0.15, -0.1) is 0 Å². The van der Waals surface area contributed by atoms with Crippen molar-refractivity contribution in [2.24, 2.45) is 0 Å². The van der Waals surface area contributed by atoms with E-state index >= 15 is 0 Å².